The molecule has 2 nitrogen and oxygen atoms in total. The van der Waals surface area contributed by atoms with Crippen LogP contribution in [0.3, 0.4) is 0 Å². The summed E-state index contributed by atoms with van der Waals surface area (Å²) in [6, 6.07) is 4.37. The van der Waals surface area contributed by atoms with Crippen molar-refractivity contribution in [3.8, 4) is 5.75 Å². The molecule has 0 bridgehead atoms. The number of hydrogen-bond donors (Lipinski definition) is 2. The summed E-state index contributed by atoms with van der Waals surface area (Å²) >= 11 is 0. The summed E-state index contributed by atoms with van der Waals surface area (Å²) in [5.41, 5.74) is 3.01. The topological polar surface area (TPSA) is 32.3 Å². The third-order valence-electron chi connectivity index (χ3n) is 3.07. The molecule has 0 radical (unpaired) electrons. The molecule has 0 spiro atoms. The summed E-state index contributed by atoms with van der Waals surface area (Å²) in [7, 11) is 0. The molecule has 2 atom stereocenters. The van der Waals surface area contributed by atoms with Crippen molar-refractivity contribution in [1.82, 2.24) is 5.32 Å². The molecule has 0 aliphatic carbocycles. The molecule has 1 rings (SSSR count). The van der Waals surface area contributed by atoms with Crippen molar-refractivity contribution < 1.29 is 5.11 Å². The van der Waals surface area contributed by atoms with Gasteiger partial charge in [0, 0.05) is 17.6 Å². The second-order valence-corrected chi connectivity index (χ2v) is 4.36. The normalized spacial score (nSPS) is 14.5. The van der Waals surface area contributed by atoms with Crippen LogP contribution in [0.4, 0.5) is 0 Å². The van der Waals surface area contributed by atoms with Crippen LogP contribution < -0.4 is 5.32 Å². The molecule has 0 aliphatic rings. The van der Waals surface area contributed by atoms with E-state index in [-0.39, 0.29) is 12.1 Å². The Labute approximate surface area is 98.0 Å². The lowest BCUT2D eigenvalue weighted by Gasteiger charge is -2.20. The van der Waals surface area contributed by atoms with Gasteiger partial charge in [-0.15, -0.1) is 6.58 Å². The number of hydrogen-bond acceptors (Lipinski definition) is 2. The van der Waals surface area contributed by atoms with E-state index in [1.807, 2.05) is 45.9 Å². The van der Waals surface area contributed by atoms with Gasteiger partial charge in [-0.05, 0) is 38.8 Å². The van der Waals surface area contributed by atoms with Crippen LogP contribution in [-0.2, 0) is 0 Å². The first-order chi connectivity index (χ1) is 7.47. The Bertz CT molecular complexity index is 385. The number of phenolic OH excluding ortho intramolecular Hbond substituents is 1. The summed E-state index contributed by atoms with van der Waals surface area (Å²) in [6.07, 6.45) is 1.86. The van der Waals surface area contributed by atoms with Crippen LogP contribution in [0.15, 0.2) is 24.8 Å². The van der Waals surface area contributed by atoms with Gasteiger partial charge in [0.25, 0.3) is 0 Å². The van der Waals surface area contributed by atoms with Crippen molar-refractivity contribution in [3.63, 3.8) is 0 Å². The van der Waals surface area contributed by atoms with E-state index in [2.05, 4.69) is 11.9 Å². The molecule has 2 heteroatoms. The SMILES string of the molecule is C=CC(C)NC(C)c1ccc(C)c(C)c1O. The fourth-order valence-corrected chi connectivity index (χ4v) is 1.72. The van der Waals surface area contributed by atoms with Crippen molar-refractivity contribution in [2.75, 3.05) is 0 Å². The van der Waals surface area contributed by atoms with Crippen LogP contribution in [0.25, 0.3) is 0 Å². The molecule has 16 heavy (non-hydrogen) atoms. The first-order valence-electron chi connectivity index (χ1n) is 5.65. The molecular formula is C14H21NO. The number of nitrogens with one attached hydrogen (secondary N) is 1. The molecule has 0 fully saturated rings. The largest absolute Gasteiger partial charge is 0.507 e. The Balaban J connectivity index is 2.96. The van der Waals surface area contributed by atoms with Crippen molar-refractivity contribution in [2.24, 2.45) is 0 Å². The molecule has 0 amide bonds. The maximum absolute atomic E-state index is 10.1. The van der Waals surface area contributed by atoms with Crippen LogP contribution in [0.2, 0.25) is 0 Å². The standard InChI is InChI=1S/C14H21NO/c1-6-10(3)15-12(5)13-8-7-9(2)11(4)14(13)16/h6-8,10,12,15-16H,1H2,2-5H3. The Hall–Kier alpha value is -1.28. The minimum atomic E-state index is 0.118. The quantitative estimate of drug-likeness (QED) is 0.762. The van der Waals surface area contributed by atoms with Crippen LogP contribution in [0.5, 0.6) is 5.75 Å². The third-order valence-corrected chi connectivity index (χ3v) is 3.07. The van der Waals surface area contributed by atoms with Crippen LogP contribution in [-0.4, -0.2) is 11.1 Å². The van der Waals surface area contributed by atoms with Gasteiger partial charge < -0.3 is 10.4 Å². The van der Waals surface area contributed by atoms with Gasteiger partial charge in [0.2, 0.25) is 0 Å². The zero-order valence-electron chi connectivity index (χ0n) is 10.5. The Morgan fingerprint density at radius 1 is 1.31 bits per heavy atom. The van der Waals surface area contributed by atoms with E-state index in [0.29, 0.717) is 5.75 Å². The van der Waals surface area contributed by atoms with Gasteiger partial charge in [0.1, 0.15) is 5.75 Å². The predicted octanol–water partition coefficient (Wildman–Crippen LogP) is 3.23. The van der Waals surface area contributed by atoms with Crippen LogP contribution in [0.1, 0.15) is 36.6 Å². The zero-order valence-corrected chi connectivity index (χ0v) is 10.5. The smallest absolute Gasteiger partial charge is 0.123 e. The second-order valence-electron chi connectivity index (χ2n) is 4.36. The average Bonchev–Trinajstić information content (AvgIpc) is 2.25. The van der Waals surface area contributed by atoms with E-state index >= 15 is 0 Å². The zero-order chi connectivity index (χ0) is 12.3. The molecule has 0 heterocycles. The first kappa shape index (κ1) is 12.8. The van der Waals surface area contributed by atoms with Crippen molar-refractivity contribution in [2.45, 2.75) is 39.8 Å². The highest BCUT2D eigenvalue weighted by Gasteiger charge is 2.13. The monoisotopic (exact) mass is 219 g/mol. The summed E-state index contributed by atoms with van der Waals surface area (Å²) in [4.78, 5) is 0. The Morgan fingerprint density at radius 3 is 2.50 bits per heavy atom. The van der Waals surface area contributed by atoms with E-state index in [1.54, 1.807) is 0 Å². The maximum atomic E-state index is 10.1. The average molecular weight is 219 g/mol. The van der Waals surface area contributed by atoms with Gasteiger partial charge in [0.15, 0.2) is 0 Å². The second kappa shape index (κ2) is 5.17. The highest BCUT2D eigenvalue weighted by molar-refractivity contribution is 5.45. The van der Waals surface area contributed by atoms with E-state index in [0.717, 1.165) is 16.7 Å². The van der Waals surface area contributed by atoms with Gasteiger partial charge in [-0.3, -0.25) is 0 Å². The molecule has 1 aromatic rings. The van der Waals surface area contributed by atoms with Crippen molar-refractivity contribution in [1.29, 1.82) is 0 Å². The lowest BCUT2D eigenvalue weighted by molar-refractivity contribution is 0.444. The molecule has 0 saturated heterocycles. The van der Waals surface area contributed by atoms with E-state index in [1.165, 1.54) is 0 Å². The molecule has 2 N–H and O–H groups in total. The maximum Gasteiger partial charge on any atom is 0.123 e. The number of aromatic hydroxyl groups is 1. The number of benzene rings is 1. The molecule has 1 aromatic carbocycles. The summed E-state index contributed by atoms with van der Waals surface area (Å²) in [5, 5.41) is 13.4. The molecule has 2 unspecified atom stereocenters. The van der Waals surface area contributed by atoms with E-state index < -0.39 is 0 Å². The molecule has 0 aromatic heterocycles. The minimum Gasteiger partial charge on any atom is -0.507 e. The predicted molar refractivity (Wildman–Crippen MR) is 68.8 cm³/mol. The number of phenols is 1. The lowest BCUT2D eigenvalue weighted by Crippen LogP contribution is -2.27. The highest BCUT2D eigenvalue weighted by atomic mass is 16.3. The molecular weight excluding hydrogens is 198 g/mol. The van der Waals surface area contributed by atoms with Gasteiger partial charge >= 0.3 is 0 Å². The lowest BCUT2D eigenvalue weighted by atomic mass is 9.99. The molecule has 88 valence electrons. The van der Waals surface area contributed by atoms with Gasteiger partial charge in [-0.1, -0.05) is 18.2 Å². The van der Waals surface area contributed by atoms with Gasteiger partial charge in [-0.2, -0.15) is 0 Å². The fourth-order valence-electron chi connectivity index (χ4n) is 1.72. The summed E-state index contributed by atoms with van der Waals surface area (Å²) < 4.78 is 0. The fraction of sp³-hybridized carbons (Fsp3) is 0.429. The first-order valence-corrected chi connectivity index (χ1v) is 5.65. The number of rotatable bonds is 4. The van der Waals surface area contributed by atoms with E-state index in [4.69, 9.17) is 0 Å². The van der Waals surface area contributed by atoms with Crippen molar-refractivity contribution >= 4 is 0 Å². The van der Waals surface area contributed by atoms with Crippen molar-refractivity contribution in [3.05, 3.63) is 41.5 Å². The number of aryl methyl sites for hydroxylation is 1. The van der Waals surface area contributed by atoms with E-state index in [9.17, 15) is 5.11 Å². The third kappa shape index (κ3) is 2.64. The van der Waals surface area contributed by atoms with Gasteiger partial charge in [0.05, 0.1) is 0 Å². The van der Waals surface area contributed by atoms with Gasteiger partial charge in [-0.25, -0.2) is 0 Å². The molecule has 0 saturated carbocycles. The Kier molecular flexibility index (Phi) is 4.13. The van der Waals surface area contributed by atoms with Crippen LogP contribution in [0, 0.1) is 13.8 Å². The molecule has 0 aliphatic heterocycles. The summed E-state index contributed by atoms with van der Waals surface area (Å²) in [6.45, 7) is 11.8. The summed E-state index contributed by atoms with van der Waals surface area (Å²) in [5.74, 6) is 0.399. The Morgan fingerprint density at radius 2 is 1.94 bits per heavy atom. The highest BCUT2D eigenvalue weighted by Crippen LogP contribution is 2.29. The minimum absolute atomic E-state index is 0.118. The van der Waals surface area contributed by atoms with Crippen LogP contribution >= 0.6 is 0 Å².